The van der Waals surface area contributed by atoms with Gasteiger partial charge in [0.2, 0.25) is 0 Å². The molecule has 0 saturated carbocycles. The lowest BCUT2D eigenvalue weighted by Crippen LogP contribution is -2.12. The van der Waals surface area contributed by atoms with Gasteiger partial charge >= 0.3 is 0 Å². The summed E-state index contributed by atoms with van der Waals surface area (Å²) in [6.07, 6.45) is 0. The highest BCUT2D eigenvalue weighted by Gasteiger charge is 2.25. The van der Waals surface area contributed by atoms with Crippen molar-refractivity contribution in [1.82, 2.24) is 0 Å². The van der Waals surface area contributed by atoms with Crippen molar-refractivity contribution in [3.63, 3.8) is 0 Å². The van der Waals surface area contributed by atoms with Crippen molar-refractivity contribution in [3.05, 3.63) is 217 Å². The zero-order chi connectivity index (χ0) is 40.7. The zero-order valence-corrected chi connectivity index (χ0v) is 31.7. The number of hydrogen-bond acceptors (Lipinski definition) is 4. The minimum Gasteiger partial charge on any atom is -0.452 e. The first kappa shape index (κ1) is 36.5. The molecule has 0 unspecified atom stereocenters. The summed E-state index contributed by atoms with van der Waals surface area (Å²) in [5.74, 6) is -2.46. The highest BCUT2D eigenvalue weighted by Crippen LogP contribution is 2.50. The van der Waals surface area contributed by atoms with Crippen molar-refractivity contribution in [1.29, 1.82) is 0 Å². The molecule has 0 atom stereocenters. The third-order valence-corrected chi connectivity index (χ3v) is 10.6. The SMILES string of the molecule is Fc1ccc(Oc2ccccc2N(c2ccccc2)c2ccc3ccc4c(N(c5ccccc5)c5ccccc5Oc5ccc(F)cc5F)ccc5ccc2c3c54)c(F)c1. The van der Waals surface area contributed by atoms with Crippen LogP contribution in [0.3, 0.4) is 0 Å². The van der Waals surface area contributed by atoms with Crippen LogP contribution in [0.2, 0.25) is 0 Å². The summed E-state index contributed by atoms with van der Waals surface area (Å²) in [7, 11) is 0. The van der Waals surface area contributed by atoms with Gasteiger partial charge in [0.05, 0.1) is 22.7 Å². The normalized spacial score (nSPS) is 11.3. The Kier molecular flexibility index (Phi) is 9.22. The zero-order valence-electron chi connectivity index (χ0n) is 31.7. The van der Waals surface area contributed by atoms with Crippen LogP contribution in [-0.4, -0.2) is 0 Å². The fraction of sp³-hybridized carbons (Fsp3) is 0. The maximum atomic E-state index is 15.0. The van der Waals surface area contributed by atoms with E-state index >= 15 is 0 Å². The Labute approximate surface area is 342 Å². The largest absolute Gasteiger partial charge is 0.452 e. The fourth-order valence-corrected chi connectivity index (χ4v) is 7.94. The minimum atomic E-state index is -0.809. The summed E-state index contributed by atoms with van der Waals surface area (Å²) in [6.45, 7) is 0. The van der Waals surface area contributed by atoms with Crippen molar-refractivity contribution >= 4 is 66.4 Å². The van der Waals surface area contributed by atoms with Gasteiger partial charge in [-0.05, 0) is 106 Å². The summed E-state index contributed by atoms with van der Waals surface area (Å²) < 4.78 is 70.1. The lowest BCUT2D eigenvalue weighted by atomic mass is 9.91. The van der Waals surface area contributed by atoms with Gasteiger partial charge in [0.1, 0.15) is 11.6 Å². The molecule has 0 aliphatic rings. The van der Waals surface area contributed by atoms with Gasteiger partial charge < -0.3 is 19.3 Å². The maximum absolute atomic E-state index is 15.0. The standard InChI is InChI=1S/C52H32F4N2O2/c53-35-23-29-47(41(55)31-35)59-49-17-9-7-15-45(49)57(37-11-3-1-4-12-37)43-27-21-33-20-26-40-44(28-22-34-19-25-39(43)51(33)52(34)40)58(38-13-5-2-6-14-38)46-16-8-10-18-50(46)60-48-30-24-36(54)32-42(48)56/h1-32H. The monoisotopic (exact) mass is 792 g/mol. The first-order valence-corrected chi connectivity index (χ1v) is 19.3. The first-order valence-electron chi connectivity index (χ1n) is 19.3. The number of anilines is 6. The van der Waals surface area contributed by atoms with Crippen LogP contribution in [0.4, 0.5) is 51.7 Å². The molecular formula is C52H32F4N2O2. The molecule has 0 aliphatic carbocycles. The predicted octanol–water partition coefficient (Wildman–Crippen LogP) is 15.7. The Hall–Kier alpha value is -7.84. The van der Waals surface area contributed by atoms with E-state index in [0.29, 0.717) is 22.9 Å². The van der Waals surface area contributed by atoms with Gasteiger partial charge in [-0.25, -0.2) is 17.6 Å². The average molecular weight is 793 g/mol. The molecule has 8 heteroatoms. The molecule has 0 fully saturated rings. The van der Waals surface area contributed by atoms with E-state index in [1.165, 1.54) is 24.3 Å². The molecule has 0 bridgehead atoms. The van der Waals surface area contributed by atoms with Gasteiger partial charge in [-0.15, -0.1) is 0 Å². The van der Waals surface area contributed by atoms with E-state index in [0.717, 1.165) is 67.2 Å². The molecule has 290 valence electrons. The predicted molar refractivity (Wildman–Crippen MR) is 232 cm³/mol. The van der Waals surface area contributed by atoms with Gasteiger partial charge in [0.25, 0.3) is 0 Å². The average Bonchev–Trinajstić information content (AvgIpc) is 3.27. The van der Waals surface area contributed by atoms with Gasteiger partial charge in [0.15, 0.2) is 34.6 Å². The number of benzene rings is 10. The molecule has 10 aromatic carbocycles. The molecule has 0 N–H and O–H groups in total. The fourth-order valence-electron chi connectivity index (χ4n) is 7.94. The molecule has 10 aromatic rings. The molecule has 0 saturated heterocycles. The molecule has 0 aliphatic heterocycles. The van der Waals surface area contributed by atoms with E-state index in [4.69, 9.17) is 9.47 Å². The second kappa shape index (κ2) is 15.2. The Balaban J connectivity index is 1.18. The van der Waals surface area contributed by atoms with Crippen molar-refractivity contribution in [2.75, 3.05) is 9.80 Å². The topological polar surface area (TPSA) is 24.9 Å². The molecule has 0 spiro atoms. The van der Waals surface area contributed by atoms with Crippen LogP contribution in [-0.2, 0) is 0 Å². The van der Waals surface area contributed by atoms with Gasteiger partial charge in [-0.2, -0.15) is 0 Å². The quantitative estimate of drug-likeness (QED) is 0.102. The molecule has 10 rings (SSSR count). The smallest absolute Gasteiger partial charge is 0.168 e. The summed E-state index contributed by atoms with van der Waals surface area (Å²) >= 11 is 0. The molecule has 0 heterocycles. The van der Waals surface area contributed by atoms with Crippen molar-refractivity contribution < 1.29 is 27.0 Å². The molecular weight excluding hydrogens is 761 g/mol. The molecule has 4 nitrogen and oxygen atoms in total. The molecule has 60 heavy (non-hydrogen) atoms. The highest BCUT2D eigenvalue weighted by atomic mass is 19.1. The van der Waals surface area contributed by atoms with Crippen molar-refractivity contribution in [3.8, 4) is 23.0 Å². The summed E-state index contributed by atoms with van der Waals surface area (Å²) in [4.78, 5) is 4.17. The van der Waals surface area contributed by atoms with Crippen LogP contribution < -0.4 is 19.3 Å². The van der Waals surface area contributed by atoms with E-state index in [9.17, 15) is 17.6 Å². The van der Waals surface area contributed by atoms with Crippen LogP contribution >= 0.6 is 0 Å². The number of rotatable bonds is 10. The Bertz CT molecular complexity index is 2960. The lowest BCUT2D eigenvalue weighted by molar-refractivity contribution is 0.438. The highest BCUT2D eigenvalue weighted by molar-refractivity contribution is 6.28. The van der Waals surface area contributed by atoms with Crippen LogP contribution in [0.1, 0.15) is 0 Å². The van der Waals surface area contributed by atoms with Gasteiger partial charge in [-0.1, -0.05) is 97.1 Å². The number of nitrogens with zero attached hydrogens (tertiary/aromatic N) is 2. The lowest BCUT2D eigenvalue weighted by Gasteiger charge is -2.30. The van der Waals surface area contributed by atoms with Crippen LogP contribution in [0.15, 0.2) is 194 Å². The van der Waals surface area contributed by atoms with E-state index in [-0.39, 0.29) is 11.5 Å². The van der Waals surface area contributed by atoms with Crippen LogP contribution in [0.5, 0.6) is 23.0 Å². The number of ether oxygens (including phenoxy) is 2. The summed E-state index contributed by atoms with van der Waals surface area (Å²) in [5, 5.41) is 6.01. The second-order valence-corrected chi connectivity index (χ2v) is 14.2. The number of halogens is 4. The summed E-state index contributed by atoms with van der Waals surface area (Å²) in [5.41, 5.74) is 4.68. The molecule has 0 aromatic heterocycles. The van der Waals surface area contributed by atoms with Gasteiger partial charge in [-0.3, -0.25) is 0 Å². The molecule has 0 radical (unpaired) electrons. The Morgan fingerprint density at radius 1 is 0.317 bits per heavy atom. The van der Waals surface area contributed by atoms with Crippen LogP contribution in [0.25, 0.3) is 32.3 Å². The second-order valence-electron chi connectivity index (χ2n) is 14.2. The van der Waals surface area contributed by atoms with Gasteiger partial charge in [0, 0.05) is 34.3 Å². The number of hydrogen-bond donors (Lipinski definition) is 0. The number of para-hydroxylation sites is 6. The van der Waals surface area contributed by atoms with E-state index in [1.807, 2.05) is 97.1 Å². The minimum absolute atomic E-state index is 0.0995. The van der Waals surface area contributed by atoms with E-state index in [1.54, 1.807) is 12.1 Å². The van der Waals surface area contributed by atoms with E-state index in [2.05, 4.69) is 58.3 Å². The third kappa shape index (κ3) is 6.54. The summed E-state index contributed by atoms with van der Waals surface area (Å²) in [6, 6.07) is 57.8. The molecule has 0 amide bonds. The maximum Gasteiger partial charge on any atom is 0.168 e. The first-order chi connectivity index (χ1) is 29.4. The van der Waals surface area contributed by atoms with Crippen molar-refractivity contribution in [2.45, 2.75) is 0 Å². The van der Waals surface area contributed by atoms with Crippen molar-refractivity contribution in [2.24, 2.45) is 0 Å². The van der Waals surface area contributed by atoms with Crippen LogP contribution in [0, 0.1) is 23.3 Å². The van der Waals surface area contributed by atoms with E-state index < -0.39 is 23.3 Å². The Morgan fingerprint density at radius 2 is 0.700 bits per heavy atom. The third-order valence-electron chi connectivity index (χ3n) is 10.6. The Morgan fingerprint density at radius 3 is 1.12 bits per heavy atom.